The summed E-state index contributed by atoms with van der Waals surface area (Å²) >= 11 is 3.59. The van der Waals surface area contributed by atoms with Gasteiger partial charge in [-0.1, -0.05) is 46.3 Å². The minimum absolute atomic E-state index is 0.0627. The number of hydrogen-bond acceptors (Lipinski definition) is 5. The maximum atomic E-state index is 13.0. The molecule has 2 aromatic carbocycles. The standard InChI is InChI=1S/C28H33BrN4O3/c1-18-13-23(32-33(18)2)27(35)31-22(14-19-7-4-3-5-8-19)25(34)17-30-24-16-28(11-6-12-28)36-26-10-9-20(29)15-21(24)26/h3-5,7-10,13,15,22,24-25,30,34H,6,11-12,14,16-17H2,1-2H3,(H,31,35)/t22-,24-,25-/m0/s1. The van der Waals surface area contributed by atoms with Crippen LogP contribution in [0.4, 0.5) is 0 Å². The van der Waals surface area contributed by atoms with Gasteiger partial charge in [0.05, 0.1) is 12.1 Å². The van der Waals surface area contributed by atoms with E-state index in [1.54, 1.807) is 10.7 Å². The van der Waals surface area contributed by atoms with Crippen molar-refractivity contribution in [3.8, 4) is 5.75 Å². The van der Waals surface area contributed by atoms with Crippen molar-refractivity contribution in [1.29, 1.82) is 0 Å². The van der Waals surface area contributed by atoms with Crippen LogP contribution >= 0.6 is 15.9 Å². The van der Waals surface area contributed by atoms with Crippen molar-refractivity contribution in [1.82, 2.24) is 20.4 Å². The van der Waals surface area contributed by atoms with Gasteiger partial charge in [-0.2, -0.15) is 5.10 Å². The van der Waals surface area contributed by atoms with Crippen molar-refractivity contribution in [3.05, 3.63) is 81.6 Å². The lowest BCUT2D eigenvalue weighted by Gasteiger charge is -2.48. The number of hydrogen-bond donors (Lipinski definition) is 3. The maximum absolute atomic E-state index is 13.0. The highest BCUT2D eigenvalue weighted by atomic mass is 79.9. The molecule has 1 amide bonds. The van der Waals surface area contributed by atoms with Gasteiger partial charge in [0.1, 0.15) is 17.0 Å². The molecule has 0 saturated heterocycles. The molecule has 1 aromatic heterocycles. The molecule has 1 spiro atoms. The third-order valence-corrected chi connectivity index (χ3v) is 8.01. The zero-order valence-corrected chi connectivity index (χ0v) is 22.3. The Kier molecular flexibility index (Phi) is 7.19. The third kappa shape index (κ3) is 5.36. The summed E-state index contributed by atoms with van der Waals surface area (Å²) in [4.78, 5) is 13.0. The van der Waals surface area contributed by atoms with E-state index >= 15 is 0 Å². The first-order valence-corrected chi connectivity index (χ1v) is 13.4. The average molecular weight is 554 g/mol. The number of amides is 1. The van der Waals surface area contributed by atoms with E-state index in [1.807, 2.05) is 56.4 Å². The second-order valence-corrected chi connectivity index (χ2v) is 11.0. The van der Waals surface area contributed by atoms with Gasteiger partial charge in [0.25, 0.3) is 5.91 Å². The van der Waals surface area contributed by atoms with Gasteiger partial charge in [-0.25, -0.2) is 0 Å². The van der Waals surface area contributed by atoms with Crippen molar-refractivity contribution in [2.45, 2.75) is 62.8 Å². The Hall–Kier alpha value is -2.68. The maximum Gasteiger partial charge on any atom is 0.272 e. The minimum Gasteiger partial charge on any atom is -0.487 e. The largest absolute Gasteiger partial charge is 0.487 e. The summed E-state index contributed by atoms with van der Waals surface area (Å²) in [7, 11) is 1.81. The number of benzene rings is 2. The van der Waals surface area contributed by atoms with E-state index in [0.29, 0.717) is 18.7 Å². The Labute approximate surface area is 220 Å². The second-order valence-electron chi connectivity index (χ2n) is 10.1. The molecule has 5 rings (SSSR count). The molecule has 8 heteroatoms. The smallest absolute Gasteiger partial charge is 0.272 e. The van der Waals surface area contributed by atoms with Crippen LogP contribution in [0.3, 0.4) is 0 Å². The fourth-order valence-electron chi connectivity index (χ4n) is 5.17. The number of rotatable bonds is 8. The van der Waals surface area contributed by atoms with Crippen LogP contribution in [0.15, 0.2) is 59.1 Å². The number of carbonyl (C=O) groups is 1. The molecular formula is C28H33BrN4O3. The van der Waals surface area contributed by atoms with Crippen molar-refractivity contribution in [3.63, 3.8) is 0 Å². The summed E-state index contributed by atoms with van der Waals surface area (Å²) < 4.78 is 9.08. The van der Waals surface area contributed by atoms with Crippen LogP contribution in [0.5, 0.6) is 5.75 Å². The first-order chi connectivity index (χ1) is 17.3. The van der Waals surface area contributed by atoms with E-state index in [-0.39, 0.29) is 17.6 Å². The van der Waals surface area contributed by atoms with E-state index in [1.165, 1.54) is 6.42 Å². The lowest BCUT2D eigenvalue weighted by Crippen LogP contribution is -2.52. The molecule has 1 saturated carbocycles. The van der Waals surface area contributed by atoms with Gasteiger partial charge in [-0.3, -0.25) is 9.48 Å². The summed E-state index contributed by atoms with van der Waals surface area (Å²) in [6.07, 6.45) is 3.88. The molecular weight excluding hydrogens is 520 g/mol. The topological polar surface area (TPSA) is 88.4 Å². The molecule has 3 N–H and O–H groups in total. The summed E-state index contributed by atoms with van der Waals surface area (Å²) in [6, 6.07) is 17.4. The van der Waals surface area contributed by atoms with Gasteiger partial charge in [0.15, 0.2) is 0 Å². The van der Waals surface area contributed by atoms with Crippen LogP contribution < -0.4 is 15.4 Å². The Balaban J connectivity index is 1.32. The molecule has 190 valence electrons. The Morgan fingerprint density at radius 3 is 2.69 bits per heavy atom. The van der Waals surface area contributed by atoms with Crippen LogP contribution in [-0.4, -0.2) is 45.1 Å². The van der Waals surface area contributed by atoms with Gasteiger partial charge in [0.2, 0.25) is 0 Å². The Bertz CT molecular complexity index is 1210. The minimum atomic E-state index is -0.797. The number of ether oxygens (including phenoxy) is 1. The number of fused-ring (bicyclic) bond motifs is 1. The fraction of sp³-hybridized carbons (Fsp3) is 0.429. The van der Waals surface area contributed by atoms with Gasteiger partial charge in [-0.05, 0) is 62.4 Å². The van der Waals surface area contributed by atoms with E-state index < -0.39 is 12.1 Å². The van der Waals surface area contributed by atoms with E-state index in [0.717, 1.165) is 46.3 Å². The summed E-state index contributed by atoms with van der Waals surface area (Å²) in [6.45, 7) is 2.24. The number of aliphatic hydroxyl groups excluding tert-OH is 1. The van der Waals surface area contributed by atoms with Crippen molar-refractivity contribution in [2.75, 3.05) is 6.54 Å². The highest BCUT2D eigenvalue weighted by molar-refractivity contribution is 9.10. The lowest BCUT2D eigenvalue weighted by atomic mass is 9.73. The normalized spacial score (nSPS) is 19.6. The molecule has 0 radical (unpaired) electrons. The van der Waals surface area contributed by atoms with E-state index in [9.17, 15) is 9.90 Å². The molecule has 3 aromatic rings. The van der Waals surface area contributed by atoms with E-state index in [4.69, 9.17) is 4.74 Å². The summed E-state index contributed by atoms with van der Waals surface area (Å²) in [5, 5.41) is 22.3. The van der Waals surface area contributed by atoms with Crippen LogP contribution in [0.25, 0.3) is 0 Å². The first kappa shape index (κ1) is 25.0. The number of nitrogens with zero attached hydrogens (tertiary/aromatic N) is 2. The van der Waals surface area contributed by atoms with Crippen molar-refractivity contribution in [2.24, 2.45) is 7.05 Å². The summed E-state index contributed by atoms with van der Waals surface area (Å²) in [5.74, 6) is 0.628. The number of aryl methyl sites for hydroxylation is 2. The van der Waals surface area contributed by atoms with Crippen molar-refractivity contribution >= 4 is 21.8 Å². The Morgan fingerprint density at radius 2 is 2.03 bits per heavy atom. The highest BCUT2D eigenvalue weighted by Gasteiger charge is 2.45. The zero-order chi connectivity index (χ0) is 25.3. The molecule has 3 atom stereocenters. The van der Waals surface area contributed by atoms with Crippen molar-refractivity contribution < 1.29 is 14.6 Å². The molecule has 2 heterocycles. The van der Waals surface area contributed by atoms with Crippen LogP contribution in [0.2, 0.25) is 0 Å². The molecule has 1 fully saturated rings. The third-order valence-electron chi connectivity index (χ3n) is 7.51. The zero-order valence-electron chi connectivity index (χ0n) is 20.7. The number of carbonyl (C=O) groups excluding carboxylic acids is 1. The molecule has 36 heavy (non-hydrogen) atoms. The Morgan fingerprint density at radius 1 is 1.25 bits per heavy atom. The van der Waals surface area contributed by atoms with Crippen LogP contribution in [-0.2, 0) is 13.5 Å². The molecule has 7 nitrogen and oxygen atoms in total. The average Bonchev–Trinajstić information content (AvgIpc) is 3.19. The SMILES string of the molecule is Cc1cc(C(=O)N[C@@H](Cc2ccccc2)[C@@H](O)CN[C@H]2CC3(CCC3)Oc3ccc(Br)cc32)nn1C. The van der Waals surface area contributed by atoms with Gasteiger partial charge < -0.3 is 20.5 Å². The summed E-state index contributed by atoms with van der Waals surface area (Å²) in [5.41, 5.74) is 3.28. The number of aromatic nitrogens is 2. The van der Waals surface area contributed by atoms with Gasteiger partial charge in [-0.15, -0.1) is 0 Å². The molecule has 0 bridgehead atoms. The molecule has 1 aliphatic carbocycles. The number of aliphatic hydroxyl groups is 1. The fourth-order valence-corrected chi connectivity index (χ4v) is 5.55. The van der Waals surface area contributed by atoms with Crippen LogP contribution in [0, 0.1) is 6.92 Å². The number of nitrogens with one attached hydrogen (secondary N) is 2. The quantitative estimate of drug-likeness (QED) is 0.389. The monoisotopic (exact) mass is 552 g/mol. The predicted octanol–water partition coefficient (Wildman–Crippen LogP) is 4.23. The van der Waals surface area contributed by atoms with Crippen LogP contribution in [0.1, 0.15) is 59.0 Å². The molecule has 0 unspecified atom stereocenters. The van der Waals surface area contributed by atoms with Gasteiger partial charge in [0, 0.05) is 41.8 Å². The van der Waals surface area contributed by atoms with E-state index in [2.05, 4.69) is 37.7 Å². The van der Waals surface area contributed by atoms with Gasteiger partial charge >= 0.3 is 0 Å². The molecule has 2 aliphatic rings. The lowest BCUT2D eigenvalue weighted by molar-refractivity contribution is -0.0382. The number of halogens is 1. The second kappa shape index (κ2) is 10.4. The first-order valence-electron chi connectivity index (χ1n) is 12.6. The highest BCUT2D eigenvalue weighted by Crippen LogP contribution is 2.49. The predicted molar refractivity (Wildman–Crippen MR) is 142 cm³/mol. The molecule has 1 aliphatic heterocycles.